The number of aromatic nitrogens is 1. The number of anilines is 1. The van der Waals surface area contributed by atoms with Crippen molar-refractivity contribution in [2.24, 2.45) is 5.73 Å². The molecule has 23 heavy (non-hydrogen) atoms. The summed E-state index contributed by atoms with van der Waals surface area (Å²) in [5, 5.41) is 1.03. The second kappa shape index (κ2) is 5.13. The minimum atomic E-state index is -0.105. The van der Waals surface area contributed by atoms with Gasteiger partial charge in [-0.1, -0.05) is 6.08 Å². The Morgan fingerprint density at radius 3 is 2.96 bits per heavy atom. The number of nitrogens with zero attached hydrogens (tertiary/aromatic N) is 2. The van der Waals surface area contributed by atoms with Crippen LogP contribution in [0.1, 0.15) is 25.5 Å². The van der Waals surface area contributed by atoms with Crippen LogP contribution in [0.25, 0.3) is 16.5 Å². The number of fused-ring (bicyclic) bond motifs is 2. The van der Waals surface area contributed by atoms with Gasteiger partial charge in [0, 0.05) is 36.7 Å². The Labute approximate surface area is 135 Å². The molecular weight excluding hydrogens is 290 g/mol. The fraction of sp³-hybridized carbons (Fsp3) is 0.389. The topological polar surface area (TPSA) is 60.5 Å². The van der Waals surface area contributed by atoms with Gasteiger partial charge >= 0.3 is 0 Å². The molecule has 5 nitrogen and oxygen atoms in total. The molecule has 0 aliphatic carbocycles. The minimum Gasteiger partial charge on any atom is -0.487 e. The lowest BCUT2D eigenvalue weighted by Gasteiger charge is -2.35. The summed E-state index contributed by atoms with van der Waals surface area (Å²) in [6, 6.07) is 5.58. The average molecular weight is 311 g/mol. The first-order valence-electron chi connectivity index (χ1n) is 8.13. The number of nitrogens with two attached hydrogens (primary N) is 1. The summed E-state index contributed by atoms with van der Waals surface area (Å²) in [4.78, 5) is 14.7. The summed E-state index contributed by atoms with van der Waals surface area (Å²) in [6.07, 6.45) is 2.24. The van der Waals surface area contributed by atoms with Crippen LogP contribution in [0.4, 0.5) is 5.69 Å². The van der Waals surface area contributed by atoms with Crippen LogP contribution in [-0.4, -0.2) is 30.8 Å². The zero-order valence-corrected chi connectivity index (χ0v) is 13.5. The molecule has 1 aromatic heterocycles. The van der Waals surface area contributed by atoms with Gasteiger partial charge in [-0.05, 0) is 31.6 Å². The normalized spacial score (nSPS) is 19.3. The number of hydrogen-bond donors (Lipinski definition) is 1. The van der Waals surface area contributed by atoms with Gasteiger partial charge < -0.3 is 15.4 Å². The molecule has 1 aromatic carbocycles. The van der Waals surface area contributed by atoms with E-state index in [1.54, 1.807) is 6.07 Å². The van der Waals surface area contributed by atoms with E-state index in [2.05, 4.69) is 30.9 Å². The lowest BCUT2D eigenvalue weighted by Crippen LogP contribution is -2.37. The maximum atomic E-state index is 12.4. The molecule has 2 N–H and O–H groups in total. The van der Waals surface area contributed by atoms with E-state index in [1.807, 2.05) is 10.6 Å². The molecule has 5 heteroatoms. The van der Waals surface area contributed by atoms with E-state index in [1.165, 1.54) is 11.1 Å². The monoisotopic (exact) mass is 311 g/mol. The van der Waals surface area contributed by atoms with Gasteiger partial charge in [-0.25, -0.2) is 0 Å². The highest BCUT2D eigenvalue weighted by atomic mass is 16.5. The average Bonchev–Trinajstić information content (AvgIpc) is 2.58. The fourth-order valence-corrected chi connectivity index (χ4v) is 3.66. The van der Waals surface area contributed by atoms with Crippen molar-refractivity contribution < 1.29 is 4.74 Å². The summed E-state index contributed by atoms with van der Waals surface area (Å²) in [5.74, 6) is 0.828. The quantitative estimate of drug-likeness (QED) is 0.923. The van der Waals surface area contributed by atoms with E-state index in [4.69, 9.17) is 10.5 Å². The number of ether oxygens (including phenoxy) is 1. The van der Waals surface area contributed by atoms with E-state index in [0.29, 0.717) is 13.2 Å². The molecule has 1 unspecified atom stereocenters. The highest BCUT2D eigenvalue weighted by Gasteiger charge is 2.29. The number of allylic oxidation sites excluding steroid dienone is 1. The lowest BCUT2D eigenvalue weighted by atomic mass is 9.96. The van der Waals surface area contributed by atoms with E-state index in [0.717, 1.165) is 35.4 Å². The highest BCUT2D eigenvalue weighted by Crippen LogP contribution is 2.45. The smallest absolute Gasteiger partial charge is 0.251 e. The Kier molecular flexibility index (Phi) is 3.20. The van der Waals surface area contributed by atoms with E-state index < -0.39 is 0 Å². The zero-order chi connectivity index (χ0) is 16.1. The molecule has 2 aliphatic rings. The SMILES string of the molecule is CCN1CC=C(C)c2cc3ccc(=O)n4c3c(c21)OCC4CN. The second-order valence-corrected chi connectivity index (χ2v) is 6.21. The summed E-state index contributed by atoms with van der Waals surface area (Å²) in [7, 11) is 0. The Bertz CT molecular complexity index is 882. The van der Waals surface area contributed by atoms with Gasteiger partial charge in [-0.3, -0.25) is 9.36 Å². The highest BCUT2D eigenvalue weighted by molar-refractivity contribution is 5.98. The third kappa shape index (κ3) is 1.93. The van der Waals surface area contributed by atoms with Gasteiger partial charge in [0.1, 0.15) is 6.61 Å². The summed E-state index contributed by atoms with van der Waals surface area (Å²) in [5.41, 5.74) is 10.3. The number of rotatable bonds is 2. The molecule has 0 saturated carbocycles. The van der Waals surface area contributed by atoms with E-state index >= 15 is 0 Å². The minimum absolute atomic E-state index is 0.0106. The van der Waals surface area contributed by atoms with Gasteiger partial charge in [0.2, 0.25) is 0 Å². The third-order valence-electron chi connectivity index (χ3n) is 4.94. The van der Waals surface area contributed by atoms with Crippen LogP contribution in [0.3, 0.4) is 0 Å². The standard InChI is InChI=1S/C18H21N3O2/c1-3-20-7-6-11(2)14-8-12-4-5-15(22)21-13(9-19)10-23-18(16(12)21)17(14)20/h4-6,8,13H,3,7,9-10,19H2,1-2H3. The van der Waals surface area contributed by atoms with Crippen molar-refractivity contribution in [3.8, 4) is 5.75 Å². The van der Waals surface area contributed by atoms with Crippen molar-refractivity contribution in [1.82, 2.24) is 4.57 Å². The molecule has 0 fully saturated rings. The maximum Gasteiger partial charge on any atom is 0.251 e. The van der Waals surface area contributed by atoms with Crippen molar-refractivity contribution >= 4 is 22.2 Å². The van der Waals surface area contributed by atoms with Crippen molar-refractivity contribution in [3.63, 3.8) is 0 Å². The van der Waals surface area contributed by atoms with Crippen LogP contribution in [-0.2, 0) is 0 Å². The molecule has 0 spiro atoms. The Balaban J connectivity index is 2.14. The molecule has 1 atom stereocenters. The van der Waals surface area contributed by atoms with Crippen molar-refractivity contribution in [1.29, 1.82) is 0 Å². The Morgan fingerprint density at radius 1 is 1.39 bits per heavy atom. The van der Waals surface area contributed by atoms with Gasteiger partial charge in [-0.15, -0.1) is 0 Å². The Morgan fingerprint density at radius 2 is 2.22 bits per heavy atom. The first-order valence-corrected chi connectivity index (χ1v) is 8.13. The van der Waals surface area contributed by atoms with Crippen LogP contribution >= 0.6 is 0 Å². The van der Waals surface area contributed by atoms with E-state index in [9.17, 15) is 4.79 Å². The molecule has 0 bridgehead atoms. The van der Waals surface area contributed by atoms with Crippen molar-refractivity contribution in [2.45, 2.75) is 19.9 Å². The first kappa shape index (κ1) is 14.3. The zero-order valence-electron chi connectivity index (χ0n) is 13.5. The summed E-state index contributed by atoms with van der Waals surface area (Å²) < 4.78 is 7.94. The molecule has 0 radical (unpaired) electrons. The molecule has 2 aromatic rings. The van der Waals surface area contributed by atoms with Crippen LogP contribution in [0, 0.1) is 0 Å². The predicted octanol–water partition coefficient (Wildman–Crippen LogP) is 2.14. The van der Waals surface area contributed by atoms with Crippen molar-refractivity contribution in [2.75, 3.05) is 31.1 Å². The van der Waals surface area contributed by atoms with E-state index in [-0.39, 0.29) is 11.6 Å². The number of likely N-dealkylation sites (N-methyl/N-ethyl adjacent to an activating group) is 1. The van der Waals surface area contributed by atoms with Gasteiger partial charge in [-0.2, -0.15) is 0 Å². The molecule has 4 rings (SSSR count). The molecule has 0 saturated heterocycles. The third-order valence-corrected chi connectivity index (χ3v) is 4.94. The van der Waals surface area contributed by atoms with Gasteiger partial charge in [0.25, 0.3) is 5.56 Å². The van der Waals surface area contributed by atoms with Crippen LogP contribution < -0.4 is 20.9 Å². The summed E-state index contributed by atoms with van der Waals surface area (Å²) >= 11 is 0. The first-order chi connectivity index (χ1) is 11.2. The fourth-order valence-electron chi connectivity index (χ4n) is 3.66. The number of pyridine rings is 1. The van der Waals surface area contributed by atoms with Crippen molar-refractivity contribution in [3.05, 3.63) is 40.2 Å². The largest absolute Gasteiger partial charge is 0.487 e. The van der Waals surface area contributed by atoms with Crippen LogP contribution in [0.2, 0.25) is 0 Å². The Hall–Kier alpha value is -2.27. The number of hydrogen-bond acceptors (Lipinski definition) is 4. The molecule has 0 amide bonds. The molecule has 2 aliphatic heterocycles. The molecule has 120 valence electrons. The molecular formula is C18H21N3O2. The lowest BCUT2D eigenvalue weighted by molar-refractivity contribution is 0.238. The van der Waals surface area contributed by atoms with Crippen LogP contribution in [0.15, 0.2) is 29.1 Å². The van der Waals surface area contributed by atoms with Gasteiger partial charge in [0.15, 0.2) is 5.75 Å². The number of benzene rings is 1. The maximum absolute atomic E-state index is 12.4. The molecule has 3 heterocycles. The summed E-state index contributed by atoms with van der Waals surface area (Å²) in [6.45, 7) is 6.88. The van der Waals surface area contributed by atoms with Crippen LogP contribution in [0.5, 0.6) is 5.75 Å². The predicted molar refractivity (Wildman–Crippen MR) is 93.3 cm³/mol. The van der Waals surface area contributed by atoms with Gasteiger partial charge in [0.05, 0.1) is 17.2 Å². The second-order valence-electron chi connectivity index (χ2n) is 6.21.